The van der Waals surface area contributed by atoms with Crippen molar-refractivity contribution < 1.29 is 41.7 Å². The summed E-state index contributed by atoms with van der Waals surface area (Å²) in [7, 11) is 0. The number of carbonyl (C=O) groups is 4. The standard InChI is InChI=1S/C8H6O4.C4H6O6.Sn/c9-7(10)5-3-1-2-4-6(5)8(11)12;5-1(3(7)8)2(6)4(9)10;/h1-4H,(H,9,10)(H,11,12);1-2,5-6H,(H,7,8)(H,9,10);/q;;+4/p-4. The number of benzene rings is 1. The summed E-state index contributed by atoms with van der Waals surface area (Å²) in [6, 6.07) is 5.46. The van der Waals surface area contributed by atoms with Gasteiger partial charge in [-0.15, -0.1) is 0 Å². The van der Waals surface area contributed by atoms with Crippen LogP contribution in [0, 0.1) is 0 Å². The summed E-state index contributed by atoms with van der Waals surface area (Å²) >= 11 is -5.82. The average Bonchev–Trinajstić information content (AvgIpc) is 2.65. The number of hydrogen-bond donors (Lipinski definition) is 2. The van der Waals surface area contributed by atoms with Crippen LogP contribution in [0.4, 0.5) is 0 Å². The summed E-state index contributed by atoms with van der Waals surface area (Å²) < 4.78 is 19.1. The van der Waals surface area contributed by atoms with Crippen LogP contribution in [0.2, 0.25) is 0 Å². The molecule has 0 aliphatic carbocycles. The zero-order valence-corrected chi connectivity index (χ0v) is 14.0. The summed E-state index contributed by atoms with van der Waals surface area (Å²) in [4.78, 5) is 47.5. The van der Waals surface area contributed by atoms with Crippen molar-refractivity contribution in [2.75, 3.05) is 0 Å². The van der Waals surface area contributed by atoms with E-state index >= 15 is 0 Å². The minimum absolute atomic E-state index is 0.163. The zero-order valence-electron chi connectivity index (χ0n) is 11.1. The molecule has 1 saturated heterocycles. The van der Waals surface area contributed by atoms with Gasteiger partial charge in [0.05, 0.1) is 0 Å². The SMILES string of the molecule is O=C1[O][Sn]2([O]C(=O)c3ccccc31)[O]C(=O)C(O)C(O)C(=O)[O]2. The molecule has 1 aromatic carbocycles. The Bertz CT molecular complexity index is 667. The van der Waals surface area contributed by atoms with Crippen LogP contribution < -0.4 is 0 Å². The first kappa shape index (κ1) is 15.7. The van der Waals surface area contributed by atoms with Gasteiger partial charge in [0.2, 0.25) is 0 Å². The first-order chi connectivity index (χ1) is 10.8. The third-order valence-corrected chi connectivity index (χ3v) is 8.10. The maximum atomic E-state index is 12.1. The van der Waals surface area contributed by atoms with E-state index in [1.54, 1.807) is 0 Å². The van der Waals surface area contributed by atoms with Crippen molar-refractivity contribution in [1.82, 2.24) is 0 Å². The quantitative estimate of drug-likeness (QED) is 0.455. The van der Waals surface area contributed by atoms with Crippen LogP contribution in [0.1, 0.15) is 20.7 Å². The Morgan fingerprint density at radius 2 is 1.13 bits per heavy atom. The van der Waals surface area contributed by atoms with Crippen LogP contribution in [0.3, 0.4) is 0 Å². The third-order valence-electron chi connectivity index (χ3n) is 3.04. The molecule has 0 bridgehead atoms. The first-order valence-corrected chi connectivity index (χ1v) is 10.9. The molecule has 2 aliphatic rings. The Labute approximate surface area is 133 Å². The van der Waals surface area contributed by atoms with Crippen molar-refractivity contribution in [3.05, 3.63) is 35.4 Å². The van der Waals surface area contributed by atoms with Gasteiger partial charge in [0.1, 0.15) is 0 Å². The van der Waals surface area contributed by atoms with Crippen molar-refractivity contribution in [1.29, 1.82) is 0 Å². The van der Waals surface area contributed by atoms with Gasteiger partial charge in [-0.05, 0) is 0 Å². The van der Waals surface area contributed by atoms with Gasteiger partial charge in [0, 0.05) is 0 Å². The van der Waals surface area contributed by atoms with Gasteiger partial charge in [0.25, 0.3) is 0 Å². The molecule has 23 heavy (non-hydrogen) atoms. The van der Waals surface area contributed by atoms with Gasteiger partial charge in [-0.1, -0.05) is 0 Å². The van der Waals surface area contributed by atoms with E-state index in [1.807, 2.05) is 0 Å². The van der Waals surface area contributed by atoms with Crippen molar-refractivity contribution in [2.24, 2.45) is 0 Å². The van der Waals surface area contributed by atoms with E-state index in [2.05, 4.69) is 6.15 Å². The normalized spacial score (nSPS) is 26.2. The summed E-state index contributed by atoms with van der Waals surface area (Å²) in [6.07, 6.45) is -4.50. The second kappa shape index (κ2) is 5.47. The van der Waals surface area contributed by atoms with Gasteiger partial charge in [-0.25, -0.2) is 0 Å². The molecular weight excluding hydrogens is 423 g/mol. The second-order valence-electron chi connectivity index (χ2n) is 4.56. The van der Waals surface area contributed by atoms with Gasteiger partial charge >= 0.3 is 133 Å². The van der Waals surface area contributed by atoms with Gasteiger partial charge in [-0.2, -0.15) is 0 Å². The van der Waals surface area contributed by atoms with Crippen LogP contribution in [0.25, 0.3) is 0 Å². The Balaban J connectivity index is 2.04. The molecular formula is C12H8O10Sn. The monoisotopic (exact) mass is 432 g/mol. The maximum absolute atomic E-state index is 12.1. The van der Waals surface area contributed by atoms with Crippen LogP contribution in [-0.2, 0) is 21.9 Å². The summed E-state index contributed by atoms with van der Waals surface area (Å²) in [6.45, 7) is 0. The van der Waals surface area contributed by atoms with E-state index in [-0.39, 0.29) is 11.1 Å². The molecule has 2 aliphatic heterocycles. The number of aliphatic hydroxyl groups excluding tert-OH is 2. The Morgan fingerprint density at radius 1 is 0.739 bits per heavy atom. The van der Waals surface area contributed by atoms with Crippen LogP contribution in [-0.4, -0.2) is 66.3 Å². The van der Waals surface area contributed by atoms with Crippen LogP contribution >= 0.6 is 0 Å². The summed E-state index contributed by atoms with van der Waals surface area (Å²) in [5.74, 6) is -5.17. The third kappa shape index (κ3) is 2.64. The zero-order chi connectivity index (χ0) is 16.8. The van der Waals surface area contributed by atoms with E-state index in [4.69, 9.17) is 6.15 Å². The molecule has 2 unspecified atom stereocenters. The van der Waals surface area contributed by atoms with E-state index < -0.39 is 56.1 Å². The van der Waals surface area contributed by atoms with E-state index in [0.29, 0.717) is 0 Å². The Kier molecular flexibility index (Phi) is 3.74. The molecule has 120 valence electrons. The fourth-order valence-electron chi connectivity index (χ4n) is 1.93. The fraction of sp³-hybridized carbons (Fsp3) is 0.167. The topological polar surface area (TPSA) is 146 Å². The second-order valence-corrected chi connectivity index (χ2v) is 9.74. The van der Waals surface area contributed by atoms with Crippen molar-refractivity contribution in [2.45, 2.75) is 12.2 Å². The molecule has 1 aromatic rings. The van der Waals surface area contributed by atoms with Gasteiger partial charge in [-0.3, -0.25) is 0 Å². The molecule has 10 nitrogen and oxygen atoms in total. The molecule has 11 heteroatoms. The number of fused-ring (bicyclic) bond motifs is 1. The molecule has 2 atom stereocenters. The van der Waals surface area contributed by atoms with Crippen molar-refractivity contribution in [3.8, 4) is 0 Å². The van der Waals surface area contributed by atoms with Crippen molar-refractivity contribution >= 4 is 43.9 Å². The summed E-state index contributed by atoms with van der Waals surface area (Å²) in [5.41, 5.74) is -0.327. The number of hydrogen-bond acceptors (Lipinski definition) is 10. The first-order valence-electron chi connectivity index (χ1n) is 6.20. The molecule has 0 radical (unpaired) electrons. The molecule has 3 rings (SSSR count). The molecule has 0 aromatic heterocycles. The average molecular weight is 431 g/mol. The molecule has 0 saturated carbocycles. The Morgan fingerprint density at radius 3 is 1.52 bits per heavy atom. The van der Waals surface area contributed by atoms with E-state index in [0.717, 1.165) is 0 Å². The minimum atomic E-state index is -5.82. The number of aliphatic hydroxyl groups is 2. The van der Waals surface area contributed by atoms with E-state index in [9.17, 15) is 29.4 Å². The predicted octanol–water partition coefficient (Wildman–Crippen LogP) is -1.73. The Hall–Kier alpha value is -2.18. The summed E-state index contributed by atoms with van der Waals surface area (Å²) in [5, 5.41) is 18.8. The molecule has 1 spiro atoms. The van der Waals surface area contributed by atoms with Crippen LogP contribution in [0.5, 0.6) is 0 Å². The molecule has 2 heterocycles. The number of rotatable bonds is 0. The van der Waals surface area contributed by atoms with Crippen molar-refractivity contribution in [3.63, 3.8) is 0 Å². The van der Waals surface area contributed by atoms with Gasteiger partial charge in [0.15, 0.2) is 0 Å². The molecule has 1 fully saturated rings. The van der Waals surface area contributed by atoms with E-state index in [1.165, 1.54) is 24.3 Å². The molecule has 0 amide bonds. The predicted molar refractivity (Wildman–Crippen MR) is 67.2 cm³/mol. The van der Waals surface area contributed by atoms with Crippen LogP contribution in [0.15, 0.2) is 24.3 Å². The number of carbonyl (C=O) groups excluding carboxylic acids is 4. The molecule has 2 N–H and O–H groups in total. The fourth-order valence-corrected chi connectivity index (χ4v) is 6.66. The van der Waals surface area contributed by atoms with Gasteiger partial charge < -0.3 is 0 Å².